The van der Waals surface area contributed by atoms with Crippen LogP contribution in [0.4, 0.5) is 0 Å². The van der Waals surface area contributed by atoms with Crippen molar-refractivity contribution in [3.63, 3.8) is 0 Å². The zero-order chi connectivity index (χ0) is 24.0. The second-order valence-corrected chi connectivity index (χ2v) is 13.1. The molecule has 1 atom stereocenters. The number of hydrogen-bond donors (Lipinski definition) is 0. The molecule has 0 spiro atoms. The number of sulfone groups is 1. The lowest BCUT2D eigenvalue weighted by molar-refractivity contribution is 0.0651. The quantitative estimate of drug-likeness (QED) is 0.519. The number of carbonyl (C=O) groups excluding carboxylic acids is 3. The summed E-state index contributed by atoms with van der Waals surface area (Å²) < 4.78 is 50.2. The maximum atomic E-state index is 13.0. The minimum atomic E-state index is -3.75. The van der Waals surface area contributed by atoms with Gasteiger partial charge in [0.05, 0.1) is 27.9 Å². The molecule has 0 radical (unpaired) electrons. The average molecular weight is 498 g/mol. The van der Waals surface area contributed by atoms with Gasteiger partial charge >= 0.3 is 0 Å². The molecule has 0 aromatic heterocycles. The Morgan fingerprint density at radius 1 is 1.06 bits per heavy atom. The van der Waals surface area contributed by atoms with Gasteiger partial charge in [-0.1, -0.05) is 13.3 Å². The lowest BCUT2D eigenvalue weighted by Crippen LogP contribution is -2.52. The lowest BCUT2D eigenvalue weighted by Gasteiger charge is -2.35. The average Bonchev–Trinajstić information content (AvgIpc) is 3.28. The number of hydrogen-bond acceptors (Lipinski definition) is 7. The van der Waals surface area contributed by atoms with Crippen LogP contribution in [-0.4, -0.2) is 98.1 Å². The van der Waals surface area contributed by atoms with Gasteiger partial charge in [0.2, 0.25) is 10.0 Å². The summed E-state index contributed by atoms with van der Waals surface area (Å²) >= 11 is 0. The van der Waals surface area contributed by atoms with Crippen molar-refractivity contribution >= 4 is 37.6 Å². The molecule has 10 nitrogen and oxygen atoms in total. The molecule has 1 aromatic rings. The largest absolute Gasteiger partial charge is 0.336 e. The Morgan fingerprint density at radius 3 is 2.33 bits per heavy atom. The van der Waals surface area contributed by atoms with Gasteiger partial charge in [0.1, 0.15) is 0 Å². The second-order valence-electron chi connectivity index (χ2n) is 8.64. The Bertz CT molecular complexity index is 1200. The highest BCUT2D eigenvalue weighted by molar-refractivity contribution is 7.95. The molecule has 0 saturated carbocycles. The fourth-order valence-electron chi connectivity index (χ4n) is 4.48. The highest BCUT2D eigenvalue weighted by Crippen LogP contribution is 2.26. The molecule has 180 valence electrons. The summed E-state index contributed by atoms with van der Waals surface area (Å²) in [6.45, 7) is 2.78. The van der Waals surface area contributed by atoms with E-state index in [-0.39, 0.29) is 72.6 Å². The van der Waals surface area contributed by atoms with Crippen LogP contribution < -0.4 is 0 Å². The van der Waals surface area contributed by atoms with Gasteiger partial charge in [0.25, 0.3) is 17.7 Å². The van der Waals surface area contributed by atoms with E-state index in [4.69, 9.17) is 0 Å². The number of nitrogens with zero attached hydrogens (tertiary/aromatic N) is 3. The summed E-state index contributed by atoms with van der Waals surface area (Å²) in [5, 5.41) is -0.930. The summed E-state index contributed by atoms with van der Waals surface area (Å²) in [5.41, 5.74) is 0.770. The molecular weight excluding hydrogens is 470 g/mol. The molecule has 2 fully saturated rings. The van der Waals surface area contributed by atoms with Gasteiger partial charge in [-0.25, -0.2) is 16.8 Å². The van der Waals surface area contributed by atoms with Crippen molar-refractivity contribution in [1.82, 2.24) is 14.1 Å². The molecule has 1 unspecified atom stereocenters. The minimum absolute atomic E-state index is 0.0811. The zero-order valence-corrected chi connectivity index (χ0v) is 20.0. The Balaban J connectivity index is 1.43. The van der Waals surface area contributed by atoms with Crippen LogP contribution in [0.15, 0.2) is 18.2 Å². The Labute approximate surface area is 193 Å². The third-order valence-corrected chi connectivity index (χ3v) is 10.8. The molecule has 0 bridgehead atoms. The van der Waals surface area contributed by atoms with E-state index in [0.29, 0.717) is 13.0 Å². The topological polar surface area (TPSA) is 129 Å². The van der Waals surface area contributed by atoms with E-state index in [1.807, 2.05) is 6.92 Å². The Morgan fingerprint density at radius 2 is 1.73 bits per heavy atom. The van der Waals surface area contributed by atoms with Crippen LogP contribution in [0.5, 0.6) is 0 Å². The highest BCUT2D eigenvalue weighted by atomic mass is 32.2. The van der Waals surface area contributed by atoms with E-state index in [0.717, 1.165) is 6.42 Å². The predicted octanol–water partition coefficient (Wildman–Crippen LogP) is 0.357. The van der Waals surface area contributed by atoms with Gasteiger partial charge in [-0.2, -0.15) is 4.31 Å². The molecule has 1 aromatic carbocycles. The first-order valence-electron chi connectivity index (χ1n) is 11.0. The second kappa shape index (κ2) is 8.80. The number of amides is 3. The molecule has 3 heterocycles. The van der Waals surface area contributed by atoms with Crippen LogP contribution in [0.3, 0.4) is 0 Å². The van der Waals surface area contributed by atoms with Crippen LogP contribution in [-0.2, 0) is 19.9 Å². The maximum Gasteiger partial charge on any atom is 0.261 e. The standard InChI is InChI=1S/C21H27N3O7S2/c1-2-3-7-24-20(26)17-5-4-15(13-18(17)21(24)27)19(25)22-8-10-23(11-9-22)33(30,31)16-6-12-32(28,29)14-16/h4-5,13,16H,2-3,6-12,14H2,1H3. The number of benzene rings is 1. The number of fused-ring (bicyclic) bond motifs is 1. The van der Waals surface area contributed by atoms with E-state index in [9.17, 15) is 31.2 Å². The van der Waals surface area contributed by atoms with Crippen LogP contribution in [0.1, 0.15) is 57.3 Å². The van der Waals surface area contributed by atoms with E-state index in [2.05, 4.69) is 0 Å². The molecule has 3 amide bonds. The SMILES string of the molecule is CCCCN1C(=O)c2ccc(C(=O)N3CCN(S(=O)(=O)C4CCS(=O)(=O)C4)CC3)cc2C1=O. The maximum absolute atomic E-state index is 13.0. The lowest BCUT2D eigenvalue weighted by atomic mass is 10.0. The van der Waals surface area contributed by atoms with Crippen LogP contribution in [0.25, 0.3) is 0 Å². The number of sulfonamides is 1. The molecule has 0 N–H and O–H groups in total. The molecule has 33 heavy (non-hydrogen) atoms. The van der Waals surface area contributed by atoms with E-state index >= 15 is 0 Å². The summed E-state index contributed by atoms with van der Waals surface area (Å²) in [5.74, 6) is -1.57. The van der Waals surface area contributed by atoms with Gasteiger partial charge in [0, 0.05) is 38.3 Å². The Hall–Kier alpha value is -2.31. The monoisotopic (exact) mass is 497 g/mol. The number of carbonyl (C=O) groups is 3. The van der Waals surface area contributed by atoms with E-state index < -0.39 is 31.0 Å². The smallest absolute Gasteiger partial charge is 0.261 e. The first kappa shape index (κ1) is 23.8. The summed E-state index contributed by atoms with van der Waals surface area (Å²) in [4.78, 5) is 40.9. The molecular formula is C21H27N3O7S2. The third-order valence-electron chi connectivity index (χ3n) is 6.45. The Kier molecular flexibility index (Phi) is 6.36. The summed E-state index contributed by atoms with van der Waals surface area (Å²) in [7, 11) is -7.08. The van der Waals surface area contributed by atoms with Crippen molar-refractivity contribution in [3.8, 4) is 0 Å². The van der Waals surface area contributed by atoms with Gasteiger partial charge in [-0.05, 0) is 31.0 Å². The van der Waals surface area contributed by atoms with E-state index in [1.54, 1.807) is 0 Å². The highest BCUT2D eigenvalue weighted by Gasteiger charge is 2.42. The normalized spacial score (nSPS) is 23.2. The number of piperazine rings is 1. The molecule has 3 aliphatic rings. The van der Waals surface area contributed by atoms with E-state index in [1.165, 1.54) is 32.3 Å². The van der Waals surface area contributed by atoms with Gasteiger partial charge in [0.15, 0.2) is 9.84 Å². The van der Waals surface area contributed by atoms with Crippen molar-refractivity contribution < 1.29 is 31.2 Å². The molecule has 12 heteroatoms. The minimum Gasteiger partial charge on any atom is -0.336 e. The van der Waals surface area contributed by atoms with Crippen LogP contribution >= 0.6 is 0 Å². The van der Waals surface area contributed by atoms with Crippen LogP contribution in [0, 0.1) is 0 Å². The third kappa shape index (κ3) is 4.43. The fourth-order valence-corrected chi connectivity index (χ4v) is 8.99. The van der Waals surface area contributed by atoms with Crippen molar-refractivity contribution in [1.29, 1.82) is 0 Å². The molecule has 2 saturated heterocycles. The van der Waals surface area contributed by atoms with Gasteiger partial charge in [-0.15, -0.1) is 0 Å². The van der Waals surface area contributed by atoms with Crippen molar-refractivity contribution in [2.75, 3.05) is 44.2 Å². The fraction of sp³-hybridized carbons (Fsp3) is 0.571. The predicted molar refractivity (Wildman–Crippen MR) is 120 cm³/mol. The number of rotatable bonds is 6. The van der Waals surface area contributed by atoms with Gasteiger partial charge < -0.3 is 4.90 Å². The number of unbranched alkanes of at least 4 members (excludes halogenated alkanes) is 1. The zero-order valence-electron chi connectivity index (χ0n) is 18.4. The summed E-state index contributed by atoms with van der Waals surface area (Å²) in [6, 6.07) is 4.45. The molecule has 0 aliphatic carbocycles. The van der Waals surface area contributed by atoms with Crippen molar-refractivity contribution in [2.45, 2.75) is 31.4 Å². The number of imide groups is 1. The molecule has 3 aliphatic heterocycles. The van der Waals surface area contributed by atoms with Gasteiger partial charge in [-0.3, -0.25) is 19.3 Å². The van der Waals surface area contributed by atoms with Crippen LogP contribution in [0.2, 0.25) is 0 Å². The van der Waals surface area contributed by atoms with Crippen molar-refractivity contribution in [3.05, 3.63) is 34.9 Å². The first-order chi connectivity index (χ1) is 15.5. The first-order valence-corrected chi connectivity index (χ1v) is 14.4. The summed E-state index contributed by atoms with van der Waals surface area (Å²) in [6.07, 6.45) is 1.65. The van der Waals surface area contributed by atoms with Crippen molar-refractivity contribution in [2.24, 2.45) is 0 Å². The molecule has 4 rings (SSSR count).